The molecule has 0 radical (unpaired) electrons. The summed E-state index contributed by atoms with van der Waals surface area (Å²) in [6.45, 7) is 3.55. The van der Waals surface area contributed by atoms with Gasteiger partial charge in [-0.15, -0.1) is 0 Å². The van der Waals surface area contributed by atoms with Gasteiger partial charge < -0.3 is 14.6 Å². The van der Waals surface area contributed by atoms with Crippen molar-refractivity contribution in [3.05, 3.63) is 47.0 Å². The summed E-state index contributed by atoms with van der Waals surface area (Å²) in [5, 5.41) is 9.72. The summed E-state index contributed by atoms with van der Waals surface area (Å²) in [7, 11) is 0. The molecule has 0 saturated carbocycles. The summed E-state index contributed by atoms with van der Waals surface area (Å²) in [6.07, 6.45) is 7.47. The first-order valence-electron chi connectivity index (χ1n) is 9.27. The number of cyclic esters (lactones) is 1. The number of carbonyl (C=O) groups is 2. The second-order valence-corrected chi connectivity index (χ2v) is 6.93. The summed E-state index contributed by atoms with van der Waals surface area (Å²) in [5.41, 5.74) is 0.862. The Hall–Kier alpha value is -2.14. The van der Waals surface area contributed by atoms with Gasteiger partial charge in [-0.2, -0.15) is 0 Å². The quantitative estimate of drug-likeness (QED) is 0.413. The second-order valence-electron chi connectivity index (χ2n) is 6.93. The Bertz CT molecular complexity index is 647. The lowest BCUT2D eigenvalue weighted by Gasteiger charge is -2.24. The Labute approximate surface area is 155 Å². The van der Waals surface area contributed by atoms with Gasteiger partial charge >= 0.3 is 11.9 Å². The van der Waals surface area contributed by atoms with Gasteiger partial charge in [0.15, 0.2) is 5.60 Å². The van der Waals surface area contributed by atoms with E-state index in [0.717, 1.165) is 24.8 Å². The summed E-state index contributed by atoms with van der Waals surface area (Å²) in [6, 6.07) is 7.03. The number of ether oxygens (including phenoxy) is 2. The van der Waals surface area contributed by atoms with Crippen LogP contribution in [-0.4, -0.2) is 35.9 Å². The van der Waals surface area contributed by atoms with E-state index < -0.39 is 17.5 Å². The highest BCUT2D eigenvalue weighted by Gasteiger charge is 2.44. The lowest BCUT2D eigenvalue weighted by Crippen LogP contribution is -2.39. The Morgan fingerprint density at radius 2 is 2.00 bits per heavy atom. The van der Waals surface area contributed by atoms with Gasteiger partial charge in [0.25, 0.3) is 0 Å². The number of aliphatic hydroxyl groups is 1. The molecule has 1 aromatic carbocycles. The Balaban J connectivity index is 1.92. The minimum atomic E-state index is -1.17. The van der Waals surface area contributed by atoms with E-state index in [0.29, 0.717) is 11.1 Å². The van der Waals surface area contributed by atoms with Crippen molar-refractivity contribution in [3.63, 3.8) is 0 Å². The van der Waals surface area contributed by atoms with E-state index in [1.807, 2.05) is 25.1 Å². The SMILES string of the molecule is CCCCCC/C=C1/CC(CO)(COC(=O)c2ccc(C)cc2)OC1=O. The first-order valence-corrected chi connectivity index (χ1v) is 9.27. The molecule has 0 aliphatic carbocycles. The van der Waals surface area contributed by atoms with Gasteiger partial charge in [0, 0.05) is 12.0 Å². The number of unbranched alkanes of at least 4 members (excludes halogenated alkanes) is 4. The van der Waals surface area contributed by atoms with Crippen molar-refractivity contribution in [2.24, 2.45) is 0 Å². The van der Waals surface area contributed by atoms with Gasteiger partial charge in [0.2, 0.25) is 0 Å². The number of allylic oxidation sites excluding steroid dienone is 1. The number of carbonyl (C=O) groups excluding carboxylic acids is 2. The Morgan fingerprint density at radius 3 is 2.65 bits per heavy atom. The maximum Gasteiger partial charge on any atom is 0.338 e. The number of aliphatic hydroxyl groups excluding tert-OH is 1. The molecule has 5 heteroatoms. The van der Waals surface area contributed by atoms with Crippen molar-refractivity contribution in [3.8, 4) is 0 Å². The topological polar surface area (TPSA) is 72.8 Å². The van der Waals surface area contributed by atoms with Crippen molar-refractivity contribution in [2.45, 2.75) is 58.0 Å². The molecule has 26 heavy (non-hydrogen) atoms. The van der Waals surface area contributed by atoms with Crippen molar-refractivity contribution >= 4 is 11.9 Å². The molecule has 1 aromatic rings. The molecule has 1 fully saturated rings. The molecule has 1 aliphatic rings. The van der Waals surface area contributed by atoms with Crippen LogP contribution in [0.5, 0.6) is 0 Å². The monoisotopic (exact) mass is 360 g/mol. The van der Waals surface area contributed by atoms with E-state index in [9.17, 15) is 14.7 Å². The van der Waals surface area contributed by atoms with E-state index in [2.05, 4.69) is 6.92 Å². The summed E-state index contributed by atoms with van der Waals surface area (Å²) in [5.74, 6) is -0.924. The first-order chi connectivity index (χ1) is 12.5. The predicted octanol–water partition coefficient (Wildman–Crippen LogP) is 3.73. The number of aryl methyl sites for hydroxylation is 1. The molecule has 0 amide bonds. The molecule has 1 saturated heterocycles. The zero-order valence-corrected chi connectivity index (χ0v) is 15.6. The number of esters is 2. The van der Waals surface area contributed by atoms with Gasteiger partial charge in [-0.05, 0) is 31.9 Å². The second kappa shape index (κ2) is 9.53. The summed E-state index contributed by atoms with van der Waals surface area (Å²) in [4.78, 5) is 24.2. The van der Waals surface area contributed by atoms with Crippen molar-refractivity contribution in [2.75, 3.05) is 13.2 Å². The van der Waals surface area contributed by atoms with Crippen LogP contribution >= 0.6 is 0 Å². The van der Waals surface area contributed by atoms with Crippen LogP contribution in [0, 0.1) is 6.92 Å². The largest absolute Gasteiger partial charge is 0.458 e. The summed E-state index contributed by atoms with van der Waals surface area (Å²) >= 11 is 0. The molecule has 1 aliphatic heterocycles. The fourth-order valence-corrected chi connectivity index (χ4v) is 2.90. The fourth-order valence-electron chi connectivity index (χ4n) is 2.90. The van der Waals surface area contributed by atoms with E-state index in [1.54, 1.807) is 12.1 Å². The highest BCUT2D eigenvalue weighted by atomic mass is 16.6. The lowest BCUT2D eigenvalue weighted by atomic mass is 9.98. The van der Waals surface area contributed by atoms with Gasteiger partial charge in [-0.3, -0.25) is 0 Å². The van der Waals surface area contributed by atoms with Crippen LogP contribution in [0.15, 0.2) is 35.9 Å². The predicted molar refractivity (Wildman–Crippen MR) is 98.8 cm³/mol. The Morgan fingerprint density at radius 1 is 1.27 bits per heavy atom. The number of hydrogen-bond donors (Lipinski definition) is 1. The molecule has 1 N–H and O–H groups in total. The third-order valence-corrected chi connectivity index (χ3v) is 4.57. The molecular formula is C21H28O5. The van der Waals surface area contributed by atoms with E-state index in [1.165, 1.54) is 12.8 Å². The van der Waals surface area contributed by atoms with Crippen LogP contribution < -0.4 is 0 Å². The van der Waals surface area contributed by atoms with Crippen LogP contribution in [0.1, 0.15) is 61.4 Å². The molecule has 0 spiro atoms. The highest BCUT2D eigenvalue weighted by molar-refractivity contribution is 5.92. The molecule has 1 unspecified atom stereocenters. The van der Waals surface area contributed by atoms with Crippen LogP contribution in [0.4, 0.5) is 0 Å². The molecule has 2 rings (SSSR count). The highest BCUT2D eigenvalue weighted by Crippen LogP contribution is 2.31. The van der Waals surface area contributed by atoms with Crippen LogP contribution in [0.2, 0.25) is 0 Å². The number of benzene rings is 1. The summed E-state index contributed by atoms with van der Waals surface area (Å²) < 4.78 is 10.7. The molecule has 1 atom stereocenters. The smallest absolute Gasteiger partial charge is 0.338 e. The standard InChI is InChI=1S/C21H28O5/c1-3-4-5-6-7-8-18-13-21(14-22,26-20(18)24)15-25-19(23)17-11-9-16(2)10-12-17/h8-12,22H,3-7,13-15H2,1-2H3/b18-8-. The molecule has 1 heterocycles. The molecular weight excluding hydrogens is 332 g/mol. The maximum atomic E-state index is 12.1. The van der Waals surface area contributed by atoms with Gasteiger partial charge in [0.1, 0.15) is 6.61 Å². The zero-order valence-electron chi connectivity index (χ0n) is 15.6. The molecule has 0 bridgehead atoms. The van der Waals surface area contributed by atoms with Gasteiger partial charge in [0.05, 0.1) is 12.2 Å². The van der Waals surface area contributed by atoms with Crippen molar-refractivity contribution < 1.29 is 24.2 Å². The van der Waals surface area contributed by atoms with E-state index >= 15 is 0 Å². The van der Waals surface area contributed by atoms with Crippen molar-refractivity contribution in [1.29, 1.82) is 0 Å². The average molecular weight is 360 g/mol. The lowest BCUT2D eigenvalue weighted by molar-refractivity contribution is -0.154. The third kappa shape index (κ3) is 5.43. The third-order valence-electron chi connectivity index (χ3n) is 4.57. The van der Waals surface area contributed by atoms with Gasteiger partial charge in [-0.1, -0.05) is 50.0 Å². The minimum Gasteiger partial charge on any atom is -0.458 e. The first kappa shape index (κ1) is 20.2. The normalized spacial score (nSPS) is 21.0. The molecule has 5 nitrogen and oxygen atoms in total. The van der Waals surface area contributed by atoms with Crippen LogP contribution in [0.25, 0.3) is 0 Å². The van der Waals surface area contributed by atoms with E-state index in [-0.39, 0.29) is 19.6 Å². The fraction of sp³-hybridized carbons (Fsp3) is 0.524. The van der Waals surface area contributed by atoms with Crippen molar-refractivity contribution in [1.82, 2.24) is 0 Å². The Kier molecular flexibility index (Phi) is 7.39. The molecule has 0 aromatic heterocycles. The molecule has 142 valence electrons. The number of hydrogen-bond acceptors (Lipinski definition) is 5. The van der Waals surface area contributed by atoms with Gasteiger partial charge in [-0.25, -0.2) is 9.59 Å². The average Bonchev–Trinajstić information content (AvgIpc) is 2.96. The van der Waals surface area contributed by atoms with Crippen LogP contribution in [0.3, 0.4) is 0 Å². The maximum absolute atomic E-state index is 12.1. The minimum absolute atomic E-state index is 0.158. The number of rotatable bonds is 9. The van der Waals surface area contributed by atoms with Crippen LogP contribution in [-0.2, 0) is 14.3 Å². The zero-order chi connectivity index (χ0) is 19.0. The van der Waals surface area contributed by atoms with E-state index in [4.69, 9.17) is 9.47 Å².